The van der Waals surface area contributed by atoms with Crippen LogP contribution in [0.3, 0.4) is 0 Å². The lowest BCUT2D eigenvalue weighted by Gasteiger charge is -2.33. The molecule has 0 spiro atoms. The molecule has 1 saturated carbocycles. The maximum Gasteiger partial charge on any atom is 0.0793 e. The van der Waals surface area contributed by atoms with Crippen molar-refractivity contribution < 1.29 is 0 Å². The number of thioether (sulfide) groups is 2. The van der Waals surface area contributed by atoms with Crippen molar-refractivity contribution in [3.8, 4) is 0 Å². The zero-order valence-corrected chi connectivity index (χ0v) is 9.98. The van der Waals surface area contributed by atoms with Gasteiger partial charge in [-0.25, -0.2) is 0 Å². The molecule has 1 aliphatic heterocycles. The van der Waals surface area contributed by atoms with Gasteiger partial charge >= 0.3 is 0 Å². The third kappa shape index (κ3) is 2.69. The van der Waals surface area contributed by atoms with Crippen molar-refractivity contribution in [1.82, 2.24) is 0 Å². The number of rotatable bonds is 3. The summed E-state index contributed by atoms with van der Waals surface area (Å²) >= 11 is 4.38. The lowest BCUT2D eigenvalue weighted by Crippen LogP contribution is -2.22. The highest BCUT2D eigenvalue weighted by molar-refractivity contribution is 8.19. The van der Waals surface area contributed by atoms with Gasteiger partial charge in [-0.1, -0.05) is 25.0 Å². The van der Waals surface area contributed by atoms with Crippen LogP contribution in [-0.2, 0) is 0 Å². The van der Waals surface area contributed by atoms with Crippen molar-refractivity contribution in [1.29, 1.82) is 0 Å². The van der Waals surface area contributed by atoms with E-state index in [1.54, 1.807) is 5.57 Å². The molecule has 0 aromatic carbocycles. The minimum Gasteiger partial charge on any atom is -0.140 e. The van der Waals surface area contributed by atoms with E-state index in [-0.39, 0.29) is 0 Å². The molecule has 0 atom stereocenters. The topological polar surface area (TPSA) is 0 Å². The van der Waals surface area contributed by atoms with E-state index in [1.165, 1.54) is 43.6 Å². The Kier molecular flexibility index (Phi) is 3.31. The summed E-state index contributed by atoms with van der Waals surface area (Å²) in [5.41, 5.74) is 1.72. The molecule has 2 heteroatoms. The largest absolute Gasteiger partial charge is 0.140 e. The summed E-state index contributed by atoms with van der Waals surface area (Å²) in [6.45, 7) is 2.31. The van der Waals surface area contributed by atoms with E-state index >= 15 is 0 Å². The first kappa shape index (κ1) is 9.97. The molecule has 1 aliphatic carbocycles. The van der Waals surface area contributed by atoms with Crippen LogP contribution in [0.4, 0.5) is 0 Å². The van der Waals surface area contributed by atoms with Crippen LogP contribution in [-0.4, -0.2) is 15.6 Å². The van der Waals surface area contributed by atoms with E-state index in [1.807, 2.05) is 0 Å². The van der Waals surface area contributed by atoms with E-state index < -0.39 is 0 Å². The van der Waals surface area contributed by atoms with E-state index in [4.69, 9.17) is 0 Å². The molecule has 1 saturated heterocycles. The predicted octanol–water partition coefficient (Wildman–Crippen LogP) is 4.07. The van der Waals surface area contributed by atoms with Gasteiger partial charge in [-0.3, -0.25) is 0 Å². The van der Waals surface area contributed by atoms with Gasteiger partial charge in [0, 0.05) is 0 Å². The average molecular weight is 214 g/mol. The molecule has 0 N–H and O–H groups in total. The summed E-state index contributed by atoms with van der Waals surface area (Å²) in [4.78, 5) is 0. The van der Waals surface area contributed by atoms with Gasteiger partial charge in [-0.15, -0.1) is 23.5 Å². The van der Waals surface area contributed by atoms with Crippen molar-refractivity contribution in [3.63, 3.8) is 0 Å². The molecule has 2 fully saturated rings. The van der Waals surface area contributed by atoms with Crippen molar-refractivity contribution in [2.45, 2.75) is 43.1 Å². The van der Waals surface area contributed by atoms with Crippen molar-refractivity contribution >= 4 is 23.5 Å². The molecule has 13 heavy (non-hydrogen) atoms. The van der Waals surface area contributed by atoms with Gasteiger partial charge in [0.15, 0.2) is 0 Å². The van der Waals surface area contributed by atoms with Crippen LogP contribution < -0.4 is 0 Å². The summed E-state index contributed by atoms with van der Waals surface area (Å²) < 4.78 is 0.485. The molecular formula is C11H18S2. The van der Waals surface area contributed by atoms with Gasteiger partial charge in [-0.05, 0) is 37.2 Å². The molecule has 1 heterocycles. The molecule has 2 rings (SSSR count). The highest BCUT2D eigenvalue weighted by Crippen LogP contribution is 2.49. The number of hydrogen-bond donors (Lipinski definition) is 0. The minimum atomic E-state index is 0.485. The maximum atomic E-state index is 2.59. The number of allylic oxidation sites excluding steroid dienone is 1. The third-order valence-corrected chi connectivity index (χ3v) is 5.86. The summed E-state index contributed by atoms with van der Waals surface area (Å²) in [6.07, 6.45) is 9.45. The Hall–Kier alpha value is 0.440. The summed E-state index contributed by atoms with van der Waals surface area (Å²) in [5, 5.41) is 0. The highest BCUT2D eigenvalue weighted by atomic mass is 32.2. The maximum absolute atomic E-state index is 2.59. The smallest absolute Gasteiger partial charge is 0.0793 e. The first-order chi connectivity index (χ1) is 6.35. The summed E-state index contributed by atoms with van der Waals surface area (Å²) in [6, 6.07) is 0. The number of hydrogen-bond acceptors (Lipinski definition) is 2. The van der Waals surface area contributed by atoms with Crippen molar-refractivity contribution in [2.75, 3.05) is 11.5 Å². The van der Waals surface area contributed by atoms with Crippen LogP contribution in [0.5, 0.6) is 0 Å². The quantitative estimate of drug-likeness (QED) is 0.649. The Morgan fingerprint density at radius 1 is 1.31 bits per heavy atom. The second-order valence-electron chi connectivity index (χ2n) is 3.91. The Bertz CT molecular complexity index is 191. The molecular weight excluding hydrogens is 196 g/mol. The lowest BCUT2D eigenvalue weighted by atomic mass is 10.2. The lowest BCUT2D eigenvalue weighted by molar-refractivity contribution is 0.783. The van der Waals surface area contributed by atoms with Gasteiger partial charge < -0.3 is 0 Å². The SMILES string of the molecule is CCCC1(C=C2CC2)SCCCS1. The fraction of sp³-hybridized carbons (Fsp3) is 0.818. The summed E-state index contributed by atoms with van der Waals surface area (Å²) in [7, 11) is 0. The molecule has 0 amide bonds. The van der Waals surface area contributed by atoms with E-state index in [0.29, 0.717) is 4.08 Å². The normalized spacial score (nSPS) is 25.8. The standard InChI is InChI=1S/C11H18S2/c1-2-6-11(9-10-4-5-10)12-7-3-8-13-11/h9H,2-8H2,1H3. The zero-order chi connectivity index (χ0) is 9.15. The van der Waals surface area contributed by atoms with Gasteiger partial charge in [-0.2, -0.15) is 0 Å². The van der Waals surface area contributed by atoms with Crippen LogP contribution in [0, 0.1) is 0 Å². The van der Waals surface area contributed by atoms with E-state index in [2.05, 4.69) is 36.5 Å². The van der Waals surface area contributed by atoms with Crippen LogP contribution >= 0.6 is 23.5 Å². The first-order valence-corrected chi connectivity index (χ1v) is 7.30. The van der Waals surface area contributed by atoms with Gasteiger partial charge in [0.25, 0.3) is 0 Å². The van der Waals surface area contributed by atoms with Crippen molar-refractivity contribution in [2.24, 2.45) is 0 Å². The van der Waals surface area contributed by atoms with Gasteiger partial charge in [0.2, 0.25) is 0 Å². The zero-order valence-electron chi connectivity index (χ0n) is 8.34. The Morgan fingerprint density at radius 2 is 2.00 bits per heavy atom. The fourth-order valence-corrected chi connectivity index (χ4v) is 5.25. The first-order valence-electron chi connectivity index (χ1n) is 5.33. The monoisotopic (exact) mass is 214 g/mol. The average Bonchev–Trinajstić information content (AvgIpc) is 2.90. The molecule has 0 aromatic rings. The van der Waals surface area contributed by atoms with Crippen LogP contribution in [0.2, 0.25) is 0 Å². The Balaban J connectivity index is 2.03. The Labute approximate surface area is 89.9 Å². The second-order valence-corrected chi connectivity index (χ2v) is 7.02. The second kappa shape index (κ2) is 4.31. The Morgan fingerprint density at radius 3 is 2.54 bits per heavy atom. The predicted molar refractivity (Wildman–Crippen MR) is 64.5 cm³/mol. The fourth-order valence-electron chi connectivity index (χ4n) is 1.77. The molecule has 0 unspecified atom stereocenters. The van der Waals surface area contributed by atoms with Gasteiger partial charge in [0.1, 0.15) is 0 Å². The molecule has 0 aromatic heterocycles. The van der Waals surface area contributed by atoms with E-state index in [0.717, 1.165) is 0 Å². The minimum absolute atomic E-state index is 0.485. The van der Waals surface area contributed by atoms with Gasteiger partial charge in [0.05, 0.1) is 4.08 Å². The molecule has 0 bridgehead atoms. The molecule has 0 nitrogen and oxygen atoms in total. The van der Waals surface area contributed by atoms with Crippen LogP contribution in [0.25, 0.3) is 0 Å². The van der Waals surface area contributed by atoms with Crippen LogP contribution in [0.15, 0.2) is 11.6 Å². The summed E-state index contributed by atoms with van der Waals surface area (Å²) in [5.74, 6) is 2.74. The van der Waals surface area contributed by atoms with Crippen LogP contribution in [0.1, 0.15) is 39.0 Å². The molecule has 0 radical (unpaired) electrons. The van der Waals surface area contributed by atoms with Crippen molar-refractivity contribution in [3.05, 3.63) is 11.6 Å². The molecule has 74 valence electrons. The van der Waals surface area contributed by atoms with E-state index in [9.17, 15) is 0 Å². The highest BCUT2D eigenvalue weighted by Gasteiger charge is 2.32. The molecule has 2 aliphatic rings. The third-order valence-electron chi connectivity index (χ3n) is 2.54.